The van der Waals surface area contributed by atoms with Crippen LogP contribution < -0.4 is 5.73 Å². The quantitative estimate of drug-likeness (QED) is 0.654. The Morgan fingerprint density at radius 1 is 1.54 bits per heavy atom. The molecular weight excluding hydrogens is 237 g/mol. The molecule has 1 aromatic rings. The number of ketones is 1. The van der Waals surface area contributed by atoms with Gasteiger partial charge in [0.15, 0.2) is 0 Å². The van der Waals surface area contributed by atoms with Crippen LogP contribution in [0.1, 0.15) is 5.56 Å². The van der Waals surface area contributed by atoms with Gasteiger partial charge in [-0.05, 0) is 17.7 Å². The zero-order chi connectivity index (χ0) is 9.84. The molecule has 0 radical (unpaired) electrons. The Balaban J connectivity index is 2.79. The summed E-state index contributed by atoms with van der Waals surface area (Å²) in [6.07, 6.45) is 0.287. The number of hydrogen-bond donors (Lipinski definition) is 1. The SMILES string of the molecule is Nc1cc(CC(=O)CBr)ccc1F. The van der Waals surface area contributed by atoms with Gasteiger partial charge in [-0.25, -0.2) is 4.39 Å². The van der Waals surface area contributed by atoms with Crippen molar-refractivity contribution in [2.75, 3.05) is 11.1 Å². The maximum absolute atomic E-state index is 12.7. The molecule has 0 spiro atoms. The van der Waals surface area contributed by atoms with E-state index in [1.54, 1.807) is 6.07 Å². The van der Waals surface area contributed by atoms with Crippen molar-refractivity contribution in [3.05, 3.63) is 29.6 Å². The van der Waals surface area contributed by atoms with Crippen molar-refractivity contribution in [3.63, 3.8) is 0 Å². The lowest BCUT2D eigenvalue weighted by atomic mass is 10.1. The minimum Gasteiger partial charge on any atom is -0.396 e. The summed E-state index contributed by atoms with van der Waals surface area (Å²) in [6.45, 7) is 0. The molecular formula is C9H9BrFNO. The third-order valence-corrected chi connectivity index (χ3v) is 2.24. The van der Waals surface area contributed by atoms with Gasteiger partial charge in [0.05, 0.1) is 11.0 Å². The fourth-order valence-corrected chi connectivity index (χ4v) is 1.18. The molecule has 0 amide bonds. The Bertz CT molecular complexity index is 327. The normalized spacial score (nSPS) is 10.0. The lowest BCUT2D eigenvalue weighted by Crippen LogP contribution is -2.04. The van der Waals surface area contributed by atoms with Crippen LogP contribution in [0.2, 0.25) is 0 Å². The molecule has 0 aromatic heterocycles. The molecule has 70 valence electrons. The summed E-state index contributed by atoms with van der Waals surface area (Å²) in [5, 5.41) is 0.310. The second-order valence-electron chi connectivity index (χ2n) is 2.70. The highest BCUT2D eigenvalue weighted by Crippen LogP contribution is 2.12. The zero-order valence-corrected chi connectivity index (χ0v) is 8.47. The van der Waals surface area contributed by atoms with E-state index in [-0.39, 0.29) is 17.9 Å². The first-order valence-electron chi connectivity index (χ1n) is 3.75. The number of nitrogen functional groups attached to an aromatic ring is 1. The second kappa shape index (κ2) is 4.37. The number of anilines is 1. The zero-order valence-electron chi connectivity index (χ0n) is 6.89. The lowest BCUT2D eigenvalue weighted by molar-refractivity contribution is -0.115. The van der Waals surface area contributed by atoms with Crippen LogP contribution in [0.25, 0.3) is 0 Å². The third-order valence-electron chi connectivity index (χ3n) is 1.61. The molecule has 0 unspecified atom stereocenters. The van der Waals surface area contributed by atoms with Gasteiger partial charge in [0.1, 0.15) is 11.6 Å². The summed E-state index contributed by atoms with van der Waals surface area (Å²) in [4.78, 5) is 11.0. The summed E-state index contributed by atoms with van der Waals surface area (Å²) in [7, 11) is 0. The molecule has 0 saturated carbocycles. The maximum atomic E-state index is 12.7. The van der Waals surface area contributed by atoms with Gasteiger partial charge in [0.2, 0.25) is 0 Å². The van der Waals surface area contributed by atoms with Crippen LogP contribution in [0.15, 0.2) is 18.2 Å². The number of alkyl halides is 1. The van der Waals surface area contributed by atoms with E-state index in [1.165, 1.54) is 12.1 Å². The first-order chi connectivity index (χ1) is 6.13. The first-order valence-corrected chi connectivity index (χ1v) is 4.87. The minimum absolute atomic E-state index is 0.0472. The van der Waals surface area contributed by atoms with Gasteiger partial charge in [0.25, 0.3) is 0 Å². The van der Waals surface area contributed by atoms with Crippen LogP contribution in [-0.4, -0.2) is 11.1 Å². The van der Waals surface area contributed by atoms with Crippen LogP contribution in [0, 0.1) is 5.82 Å². The fraction of sp³-hybridized carbons (Fsp3) is 0.222. The third kappa shape index (κ3) is 2.81. The van der Waals surface area contributed by atoms with Gasteiger partial charge < -0.3 is 5.73 Å². The van der Waals surface area contributed by atoms with E-state index in [0.29, 0.717) is 5.33 Å². The van der Waals surface area contributed by atoms with Crippen molar-refractivity contribution in [1.29, 1.82) is 0 Å². The number of carbonyl (C=O) groups excluding carboxylic acids is 1. The van der Waals surface area contributed by atoms with Crippen molar-refractivity contribution in [2.24, 2.45) is 0 Å². The fourth-order valence-electron chi connectivity index (χ4n) is 0.978. The molecule has 0 saturated heterocycles. The van der Waals surface area contributed by atoms with E-state index in [9.17, 15) is 9.18 Å². The summed E-state index contributed by atoms with van der Waals surface area (Å²) in [5.74, 6) is -0.402. The number of Topliss-reactive ketones (excluding diaryl/α,β-unsaturated/α-hetero) is 1. The lowest BCUT2D eigenvalue weighted by Gasteiger charge is -2.01. The second-order valence-corrected chi connectivity index (χ2v) is 3.27. The topological polar surface area (TPSA) is 43.1 Å². The van der Waals surface area contributed by atoms with Gasteiger partial charge in [-0.1, -0.05) is 22.0 Å². The van der Waals surface area contributed by atoms with Gasteiger partial charge in [0, 0.05) is 6.42 Å². The standard InChI is InChI=1S/C9H9BrFNO/c10-5-7(13)3-6-1-2-8(11)9(12)4-6/h1-2,4H,3,5,12H2. The summed E-state index contributed by atoms with van der Waals surface area (Å²) < 4.78 is 12.7. The maximum Gasteiger partial charge on any atom is 0.147 e. The van der Waals surface area contributed by atoms with E-state index in [1.807, 2.05) is 0 Å². The summed E-state index contributed by atoms with van der Waals surface area (Å²) in [6, 6.07) is 4.31. The Kier molecular flexibility index (Phi) is 3.42. The predicted octanol–water partition coefficient (Wildman–Crippen LogP) is 1.91. The molecule has 0 atom stereocenters. The van der Waals surface area contributed by atoms with Crippen molar-refractivity contribution >= 4 is 27.4 Å². The molecule has 0 aliphatic carbocycles. The van der Waals surface area contributed by atoms with Gasteiger partial charge in [-0.2, -0.15) is 0 Å². The molecule has 2 nitrogen and oxygen atoms in total. The number of carbonyl (C=O) groups is 1. The first kappa shape index (κ1) is 10.2. The molecule has 0 bridgehead atoms. The van der Waals surface area contributed by atoms with Crippen molar-refractivity contribution in [2.45, 2.75) is 6.42 Å². The van der Waals surface area contributed by atoms with Crippen LogP contribution in [0.3, 0.4) is 0 Å². The summed E-state index contributed by atoms with van der Waals surface area (Å²) >= 11 is 3.05. The number of nitrogens with two attached hydrogens (primary N) is 1. The van der Waals surface area contributed by atoms with Gasteiger partial charge in [-0.3, -0.25) is 4.79 Å². The predicted molar refractivity (Wildman–Crippen MR) is 53.3 cm³/mol. The molecule has 1 aromatic carbocycles. The molecule has 0 aliphatic heterocycles. The average Bonchev–Trinajstić information content (AvgIpc) is 2.11. The van der Waals surface area contributed by atoms with Crippen molar-refractivity contribution in [1.82, 2.24) is 0 Å². The molecule has 0 fully saturated rings. The molecule has 2 N–H and O–H groups in total. The summed E-state index contributed by atoms with van der Waals surface area (Å²) in [5.41, 5.74) is 6.16. The van der Waals surface area contributed by atoms with Gasteiger partial charge >= 0.3 is 0 Å². The van der Waals surface area contributed by atoms with Crippen molar-refractivity contribution in [3.8, 4) is 0 Å². The van der Waals surface area contributed by atoms with E-state index in [2.05, 4.69) is 15.9 Å². The number of rotatable bonds is 3. The van der Waals surface area contributed by atoms with Crippen LogP contribution in [-0.2, 0) is 11.2 Å². The van der Waals surface area contributed by atoms with E-state index in [0.717, 1.165) is 5.56 Å². The smallest absolute Gasteiger partial charge is 0.147 e. The van der Waals surface area contributed by atoms with E-state index in [4.69, 9.17) is 5.73 Å². The number of benzene rings is 1. The van der Waals surface area contributed by atoms with Crippen LogP contribution in [0.5, 0.6) is 0 Å². The molecule has 13 heavy (non-hydrogen) atoms. The number of halogens is 2. The molecule has 0 heterocycles. The van der Waals surface area contributed by atoms with Crippen LogP contribution in [0.4, 0.5) is 10.1 Å². The van der Waals surface area contributed by atoms with E-state index < -0.39 is 5.82 Å². The Labute approximate surface area is 84.1 Å². The van der Waals surface area contributed by atoms with E-state index >= 15 is 0 Å². The minimum atomic E-state index is -0.449. The van der Waals surface area contributed by atoms with Crippen molar-refractivity contribution < 1.29 is 9.18 Å². The average molecular weight is 246 g/mol. The monoisotopic (exact) mass is 245 g/mol. The Hall–Kier alpha value is -0.900. The highest BCUT2D eigenvalue weighted by molar-refractivity contribution is 9.09. The largest absolute Gasteiger partial charge is 0.396 e. The molecule has 1 rings (SSSR count). The van der Waals surface area contributed by atoms with Crippen LogP contribution >= 0.6 is 15.9 Å². The highest BCUT2D eigenvalue weighted by Gasteiger charge is 2.04. The Morgan fingerprint density at radius 3 is 2.77 bits per heavy atom. The molecule has 0 aliphatic rings. The molecule has 4 heteroatoms. The number of hydrogen-bond acceptors (Lipinski definition) is 2. The Morgan fingerprint density at radius 2 is 2.23 bits per heavy atom. The highest BCUT2D eigenvalue weighted by atomic mass is 79.9. The van der Waals surface area contributed by atoms with Gasteiger partial charge in [-0.15, -0.1) is 0 Å².